The number of hydrogen-bond donors (Lipinski definition) is 3. The van der Waals surface area contributed by atoms with Crippen molar-refractivity contribution in [3.63, 3.8) is 0 Å². The summed E-state index contributed by atoms with van der Waals surface area (Å²) >= 11 is 0. The van der Waals surface area contributed by atoms with E-state index in [2.05, 4.69) is 30.9 Å². The molecule has 9 nitrogen and oxygen atoms in total. The molecule has 2 amide bonds. The van der Waals surface area contributed by atoms with E-state index in [-0.39, 0.29) is 17.7 Å². The highest BCUT2D eigenvalue weighted by Crippen LogP contribution is 2.20. The maximum atomic E-state index is 12.3. The van der Waals surface area contributed by atoms with E-state index in [1.165, 1.54) is 0 Å². The van der Waals surface area contributed by atoms with E-state index in [0.29, 0.717) is 36.7 Å². The van der Waals surface area contributed by atoms with Crippen molar-refractivity contribution in [2.24, 2.45) is 5.92 Å². The number of carbonyl (C=O) groups excluding carboxylic acids is 2. The molecule has 1 aromatic carbocycles. The van der Waals surface area contributed by atoms with Crippen LogP contribution in [0.2, 0.25) is 0 Å². The van der Waals surface area contributed by atoms with Crippen LogP contribution in [0.4, 0.5) is 17.2 Å². The molecule has 2 aromatic heterocycles. The number of imidazole rings is 1. The van der Waals surface area contributed by atoms with Gasteiger partial charge in [0.25, 0.3) is 0 Å². The van der Waals surface area contributed by atoms with Crippen LogP contribution in [0.25, 0.3) is 5.82 Å². The predicted octanol–water partition coefficient (Wildman–Crippen LogP) is 2.18. The maximum Gasteiger partial charge on any atom is 0.229 e. The van der Waals surface area contributed by atoms with Gasteiger partial charge < -0.3 is 16.0 Å². The lowest BCUT2D eigenvalue weighted by molar-refractivity contribution is -0.126. The Balaban J connectivity index is 1.41. The molecule has 0 spiro atoms. The zero-order valence-corrected chi connectivity index (χ0v) is 15.9. The molecule has 1 saturated heterocycles. The van der Waals surface area contributed by atoms with Crippen molar-refractivity contribution in [2.45, 2.75) is 19.8 Å². The van der Waals surface area contributed by atoms with Gasteiger partial charge in [0, 0.05) is 42.8 Å². The first-order valence-electron chi connectivity index (χ1n) is 9.35. The van der Waals surface area contributed by atoms with Crippen molar-refractivity contribution < 1.29 is 9.59 Å². The van der Waals surface area contributed by atoms with Crippen molar-refractivity contribution in [3.8, 4) is 5.82 Å². The predicted molar refractivity (Wildman–Crippen MR) is 108 cm³/mol. The fourth-order valence-electron chi connectivity index (χ4n) is 3.13. The van der Waals surface area contributed by atoms with Gasteiger partial charge in [-0.3, -0.25) is 14.2 Å². The van der Waals surface area contributed by atoms with Gasteiger partial charge in [-0.05, 0) is 37.6 Å². The molecule has 3 heterocycles. The number of aromatic nitrogens is 4. The average molecular weight is 391 g/mol. The standard InChI is InChI=1S/C20H21N7O2/c1-13-23-17(10-18(24-13)27-9-8-21-12-27)25-15-3-5-16(6-4-15)26-20(29)14-2-7-19(28)22-11-14/h3-6,8-10,12,14H,2,7,11H2,1H3,(H,22,28)(H,26,29)(H,23,24,25)/t14-/m0/s1. The summed E-state index contributed by atoms with van der Waals surface area (Å²) in [5.74, 6) is 1.75. The van der Waals surface area contributed by atoms with E-state index in [0.717, 1.165) is 11.5 Å². The van der Waals surface area contributed by atoms with Crippen molar-refractivity contribution in [1.82, 2.24) is 24.8 Å². The minimum Gasteiger partial charge on any atom is -0.355 e. The molecule has 1 aliphatic rings. The van der Waals surface area contributed by atoms with Crippen LogP contribution in [0, 0.1) is 12.8 Å². The Morgan fingerprint density at radius 3 is 2.69 bits per heavy atom. The molecule has 148 valence electrons. The van der Waals surface area contributed by atoms with E-state index >= 15 is 0 Å². The van der Waals surface area contributed by atoms with E-state index in [1.54, 1.807) is 12.5 Å². The van der Waals surface area contributed by atoms with Gasteiger partial charge in [0.05, 0.1) is 5.92 Å². The fraction of sp³-hybridized carbons (Fsp3) is 0.250. The van der Waals surface area contributed by atoms with Crippen molar-refractivity contribution in [3.05, 3.63) is 54.9 Å². The second-order valence-corrected chi connectivity index (χ2v) is 6.86. The maximum absolute atomic E-state index is 12.3. The summed E-state index contributed by atoms with van der Waals surface area (Å²) in [4.78, 5) is 36.4. The number of anilines is 3. The minimum absolute atomic E-state index is 0.000585. The highest BCUT2D eigenvalue weighted by Gasteiger charge is 2.24. The van der Waals surface area contributed by atoms with Crippen LogP contribution in [0.5, 0.6) is 0 Å². The molecule has 3 aromatic rings. The number of rotatable bonds is 5. The minimum atomic E-state index is -0.198. The summed E-state index contributed by atoms with van der Waals surface area (Å²) in [6.07, 6.45) is 6.16. The van der Waals surface area contributed by atoms with E-state index in [1.807, 2.05) is 48.0 Å². The Labute approximate surface area is 167 Å². The molecular weight excluding hydrogens is 370 g/mol. The van der Waals surface area contributed by atoms with Gasteiger partial charge in [-0.15, -0.1) is 0 Å². The normalized spacial score (nSPS) is 16.2. The van der Waals surface area contributed by atoms with Gasteiger partial charge in [0.15, 0.2) is 0 Å². The van der Waals surface area contributed by atoms with Crippen LogP contribution in [-0.2, 0) is 9.59 Å². The Morgan fingerprint density at radius 2 is 2.00 bits per heavy atom. The molecule has 9 heteroatoms. The third kappa shape index (κ3) is 4.57. The van der Waals surface area contributed by atoms with Gasteiger partial charge in [-0.25, -0.2) is 15.0 Å². The number of nitrogens with one attached hydrogen (secondary N) is 3. The Bertz CT molecular complexity index is 1010. The van der Waals surface area contributed by atoms with E-state index in [4.69, 9.17) is 0 Å². The average Bonchev–Trinajstić information content (AvgIpc) is 3.24. The third-order valence-electron chi connectivity index (χ3n) is 4.65. The molecule has 1 aliphatic heterocycles. The number of amides is 2. The van der Waals surface area contributed by atoms with E-state index in [9.17, 15) is 9.59 Å². The van der Waals surface area contributed by atoms with Crippen molar-refractivity contribution in [1.29, 1.82) is 0 Å². The summed E-state index contributed by atoms with van der Waals surface area (Å²) in [6.45, 7) is 2.22. The van der Waals surface area contributed by atoms with Gasteiger partial charge in [-0.2, -0.15) is 0 Å². The van der Waals surface area contributed by atoms with Crippen LogP contribution < -0.4 is 16.0 Å². The number of nitrogens with zero attached hydrogens (tertiary/aromatic N) is 4. The first-order chi connectivity index (χ1) is 14.1. The smallest absolute Gasteiger partial charge is 0.229 e. The number of benzene rings is 1. The number of hydrogen-bond acceptors (Lipinski definition) is 6. The van der Waals surface area contributed by atoms with Gasteiger partial charge in [-0.1, -0.05) is 0 Å². The molecule has 3 N–H and O–H groups in total. The Kier molecular flexibility index (Phi) is 5.19. The van der Waals surface area contributed by atoms with Crippen LogP contribution in [0.15, 0.2) is 49.1 Å². The highest BCUT2D eigenvalue weighted by molar-refractivity contribution is 5.94. The van der Waals surface area contributed by atoms with Crippen LogP contribution in [-0.4, -0.2) is 37.9 Å². The monoisotopic (exact) mass is 391 g/mol. The lowest BCUT2D eigenvalue weighted by Crippen LogP contribution is -2.40. The molecule has 0 saturated carbocycles. The van der Waals surface area contributed by atoms with Crippen LogP contribution >= 0.6 is 0 Å². The van der Waals surface area contributed by atoms with E-state index < -0.39 is 0 Å². The first-order valence-corrected chi connectivity index (χ1v) is 9.35. The zero-order valence-electron chi connectivity index (χ0n) is 15.9. The fourth-order valence-corrected chi connectivity index (χ4v) is 3.13. The number of aryl methyl sites for hydroxylation is 1. The summed E-state index contributed by atoms with van der Waals surface area (Å²) < 4.78 is 1.81. The highest BCUT2D eigenvalue weighted by atomic mass is 16.2. The van der Waals surface area contributed by atoms with Gasteiger partial charge in [0.2, 0.25) is 11.8 Å². The second-order valence-electron chi connectivity index (χ2n) is 6.86. The quantitative estimate of drug-likeness (QED) is 0.614. The summed E-state index contributed by atoms with van der Waals surface area (Å²) in [5, 5.41) is 8.88. The molecule has 1 atom stereocenters. The summed E-state index contributed by atoms with van der Waals surface area (Å²) in [7, 11) is 0. The molecule has 0 unspecified atom stereocenters. The molecule has 29 heavy (non-hydrogen) atoms. The first kappa shape index (κ1) is 18.6. The largest absolute Gasteiger partial charge is 0.355 e. The number of piperidine rings is 1. The van der Waals surface area contributed by atoms with Gasteiger partial charge in [0.1, 0.15) is 23.8 Å². The lowest BCUT2D eigenvalue weighted by Gasteiger charge is -2.21. The molecule has 0 aliphatic carbocycles. The third-order valence-corrected chi connectivity index (χ3v) is 4.65. The van der Waals surface area contributed by atoms with Gasteiger partial charge >= 0.3 is 0 Å². The molecular formula is C20H21N7O2. The number of carbonyl (C=O) groups is 2. The molecule has 4 rings (SSSR count). The SMILES string of the molecule is Cc1nc(Nc2ccc(NC(=O)[C@H]3CCC(=O)NC3)cc2)cc(-n2ccnc2)n1. The zero-order chi connectivity index (χ0) is 20.2. The van der Waals surface area contributed by atoms with Crippen molar-refractivity contribution >= 4 is 29.0 Å². The Hall–Kier alpha value is -3.75. The summed E-state index contributed by atoms with van der Waals surface area (Å²) in [5.41, 5.74) is 1.54. The molecule has 1 fully saturated rings. The Morgan fingerprint density at radius 1 is 1.21 bits per heavy atom. The summed E-state index contributed by atoms with van der Waals surface area (Å²) in [6, 6.07) is 9.22. The lowest BCUT2D eigenvalue weighted by atomic mass is 9.98. The van der Waals surface area contributed by atoms with Crippen LogP contribution in [0.3, 0.4) is 0 Å². The topological polar surface area (TPSA) is 114 Å². The molecule has 0 bridgehead atoms. The van der Waals surface area contributed by atoms with Crippen molar-refractivity contribution in [2.75, 3.05) is 17.2 Å². The van der Waals surface area contributed by atoms with Crippen LogP contribution in [0.1, 0.15) is 18.7 Å². The second kappa shape index (κ2) is 8.09. The molecule has 0 radical (unpaired) electrons.